The van der Waals surface area contributed by atoms with E-state index in [-0.39, 0.29) is 6.04 Å². The van der Waals surface area contributed by atoms with Crippen LogP contribution in [0, 0.1) is 0 Å². The van der Waals surface area contributed by atoms with Gasteiger partial charge in [-0.15, -0.1) is 0 Å². The van der Waals surface area contributed by atoms with E-state index in [1.807, 2.05) is 12.1 Å². The fraction of sp³-hybridized carbons (Fsp3) is 0.400. The Morgan fingerprint density at radius 1 is 1.16 bits per heavy atom. The van der Waals surface area contributed by atoms with Gasteiger partial charge in [0.05, 0.1) is 22.6 Å². The van der Waals surface area contributed by atoms with Crippen molar-refractivity contribution in [3.05, 3.63) is 64.8 Å². The van der Waals surface area contributed by atoms with Gasteiger partial charge in [0.1, 0.15) is 6.17 Å². The first-order valence-corrected chi connectivity index (χ1v) is 11.7. The molecule has 2 fully saturated rings. The van der Waals surface area contributed by atoms with Gasteiger partial charge in [0, 0.05) is 61.7 Å². The van der Waals surface area contributed by atoms with Crippen molar-refractivity contribution in [2.45, 2.75) is 37.8 Å². The summed E-state index contributed by atoms with van der Waals surface area (Å²) in [6.07, 6.45) is 0.955. The molecule has 4 atom stereocenters. The molecule has 1 aromatic heterocycles. The number of hydrogen-bond acceptors (Lipinski definition) is 5. The number of aromatic nitrogens is 1. The summed E-state index contributed by atoms with van der Waals surface area (Å²) in [5.41, 5.74) is 5.79. The third-order valence-electron chi connectivity index (χ3n) is 7.23. The molecule has 0 saturated carbocycles. The molecule has 4 heterocycles. The number of pyridine rings is 1. The topological polar surface area (TPSA) is 43.4 Å². The van der Waals surface area contributed by atoms with Gasteiger partial charge in [0.2, 0.25) is 0 Å². The maximum atomic E-state index is 14.0. The molecule has 0 radical (unpaired) electrons. The Balaban J connectivity index is 1.29. The van der Waals surface area contributed by atoms with E-state index in [1.54, 1.807) is 6.20 Å². The molecule has 4 unspecified atom stereocenters. The molecule has 166 valence electrons. The highest BCUT2D eigenvalue weighted by molar-refractivity contribution is 6.35. The van der Waals surface area contributed by atoms with Gasteiger partial charge in [-0.1, -0.05) is 17.7 Å². The Bertz CT molecular complexity index is 1170. The first-order chi connectivity index (χ1) is 15.6. The van der Waals surface area contributed by atoms with E-state index in [0.29, 0.717) is 30.2 Å². The molecule has 3 aliphatic heterocycles. The maximum absolute atomic E-state index is 14.0. The molecule has 6 rings (SSSR count). The molecule has 3 aromatic rings. The zero-order valence-electron chi connectivity index (χ0n) is 18.1. The van der Waals surface area contributed by atoms with Crippen LogP contribution in [0.15, 0.2) is 48.7 Å². The Kier molecular flexibility index (Phi) is 4.97. The van der Waals surface area contributed by atoms with Crippen molar-refractivity contribution < 1.29 is 4.39 Å². The molecule has 3 aliphatic rings. The highest BCUT2D eigenvalue weighted by Crippen LogP contribution is 2.42. The molecular formula is C25H27ClFN5. The number of alkyl halides is 1. The Hall–Kier alpha value is -2.41. The summed E-state index contributed by atoms with van der Waals surface area (Å²) < 4.78 is 14.0. The average Bonchev–Trinajstić information content (AvgIpc) is 3.37. The van der Waals surface area contributed by atoms with Crippen LogP contribution in [0.4, 0.5) is 15.8 Å². The summed E-state index contributed by atoms with van der Waals surface area (Å²) >= 11 is 6.41. The molecule has 0 amide bonds. The van der Waals surface area contributed by atoms with E-state index >= 15 is 0 Å². The molecule has 0 spiro atoms. The van der Waals surface area contributed by atoms with Crippen molar-refractivity contribution in [3.63, 3.8) is 0 Å². The van der Waals surface area contributed by atoms with Crippen LogP contribution >= 0.6 is 11.6 Å². The normalized spacial score (nSPS) is 27.5. The largest absolute Gasteiger partial charge is 0.378 e. The summed E-state index contributed by atoms with van der Waals surface area (Å²) in [6.45, 7) is 6.23. The highest BCUT2D eigenvalue weighted by atomic mass is 35.5. The van der Waals surface area contributed by atoms with E-state index in [1.165, 1.54) is 16.8 Å². The standard InChI is InChI=1S/C25H27ClFN5/c1-15-12-31(23-7-6-20(26)25-19(23)3-2-8-29-25)14-24-18-5-4-17(9-16(18)13-32(15)24)30-22-11-28-10-21(22)27/h2-9,15,21-22,24,28,30H,10-14H2,1H3. The predicted molar refractivity (Wildman–Crippen MR) is 128 cm³/mol. The predicted octanol–water partition coefficient (Wildman–Crippen LogP) is 4.38. The SMILES string of the molecule is CC1CN(c2ccc(Cl)c3ncccc23)CC2c3ccc(NC4CNCC4F)cc3CN12. The summed E-state index contributed by atoms with van der Waals surface area (Å²) in [5, 5.41) is 8.29. The lowest BCUT2D eigenvalue weighted by Gasteiger charge is -2.43. The average molecular weight is 452 g/mol. The quantitative estimate of drug-likeness (QED) is 0.618. The Labute approximate surface area is 192 Å². The van der Waals surface area contributed by atoms with Gasteiger partial charge in [0.25, 0.3) is 0 Å². The number of halogens is 2. The molecule has 2 aromatic carbocycles. The molecule has 2 N–H and O–H groups in total. The van der Waals surface area contributed by atoms with Crippen LogP contribution in [0.2, 0.25) is 5.02 Å². The number of benzene rings is 2. The van der Waals surface area contributed by atoms with Crippen molar-refractivity contribution in [2.24, 2.45) is 0 Å². The van der Waals surface area contributed by atoms with Crippen molar-refractivity contribution in [1.82, 2.24) is 15.2 Å². The van der Waals surface area contributed by atoms with Gasteiger partial charge in [-0.2, -0.15) is 0 Å². The molecule has 2 saturated heterocycles. The Morgan fingerprint density at radius 3 is 2.91 bits per heavy atom. The van der Waals surface area contributed by atoms with E-state index in [0.717, 1.165) is 36.2 Å². The summed E-state index contributed by atoms with van der Waals surface area (Å²) in [4.78, 5) is 9.58. The fourth-order valence-electron chi connectivity index (χ4n) is 5.61. The first kappa shape index (κ1) is 20.2. The van der Waals surface area contributed by atoms with E-state index in [9.17, 15) is 4.39 Å². The van der Waals surface area contributed by atoms with Crippen LogP contribution in [0.3, 0.4) is 0 Å². The zero-order valence-corrected chi connectivity index (χ0v) is 18.8. The Morgan fingerprint density at radius 2 is 2.06 bits per heavy atom. The van der Waals surface area contributed by atoms with Crippen molar-refractivity contribution in [2.75, 3.05) is 36.4 Å². The summed E-state index contributed by atoms with van der Waals surface area (Å²) in [6, 6.07) is 15.3. The van der Waals surface area contributed by atoms with Crippen LogP contribution in [-0.2, 0) is 6.54 Å². The second-order valence-electron chi connectivity index (χ2n) is 9.25. The molecule has 0 aliphatic carbocycles. The first-order valence-electron chi connectivity index (χ1n) is 11.4. The van der Waals surface area contributed by atoms with Gasteiger partial charge in [-0.25, -0.2) is 4.39 Å². The zero-order chi connectivity index (χ0) is 21.8. The lowest BCUT2D eigenvalue weighted by Crippen LogP contribution is -2.51. The molecule has 5 nitrogen and oxygen atoms in total. The number of fused-ring (bicyclic) bond motifs is 4. The van der Waals surface area contributed by atoms with Crippen LogP contribution in [0.25, 0.3) is 10.9 Å². The fourth-order valence-corrected chi connectivity index (χ4v) is 5.83. The lowest BCUT2D eigenvalue weighted by atomic mass is 10.00. The van der Waals surface area contributed by atoms with Crippen LogP contribution in [-0.4, -0.2) is 54.3 Å². The smallest absolute Gasteiger partial charge is 0.134 e. The van der Waals surface area contributed by atoms with Gasteiger partial charge in [0.15, 0.2) is 0 Å². The minimum atomic E-state index is -0.841. The number of nitrogens with one attached hydrogen (secondary N) is 2. The third-order valence-corrected chi connectivity index (χ3v) is 7.53. The van der Waals surface area contributed by atoms with E-state index in [4.69, 9.17) is 11.6 Å². The van der Waals surface area contributed by atoms with Crippen LogP contribution < -0.4 is 15.5 Å². The van der Waals surface area contributed by atoms with E-state index in [2.05, 4.69) is 62.7 Å². The number of nitrogens with zero attached hydrogens (tertiary/aromatic N) is 3. The molecule has 0 bridgehead atoms. The second-order valence-corrected chi connectivity index (χ2v) is 9.65. The van der Waals surface area contributed by atoms with Gasteiger partial charge in [-0.3, -0.25) is 9.88 Å². The maximum Gasteiger partial charge on any atom is 0.134 e. The van der Waals surface area contributed by atoms with Crippen molar-refractivity contribution >= 4 is 33.9 Å². The van der Waals surface area contributed by atoms with Crippen LogP contribution in [0.5, 0.6) is 0 Å². The number of anilines is 2. The lowest BCUT2D eigenvalue weighted by molar-refractivity contribution is 0.134. The van der Waals surface area contributed by atoms with Gasteiger partial charge >= 0.3 is 0 Å². The number of hydrogen-bond donors (Lipinski definition) is 2. The third kappa shape index (κ3) is 3.33. The van der Waals surface area contributed by atoms with Crippen LogP contribution in [0.1, 0.15) is 24.1 Å². The second kappa shape index (κ2) is 7.87. The monoisotopic (exact) mass is 451 g/mol. The summed E-state index contributed by atoms with van der Waals surface area (Å²) in [7, 11) is 0. The van der Waals surface area contributed by atoms with Crippen molar-refractivity contribution in [1.29, 1.82) is 0 Å². The number of rotatable bonds is 3. The van der Waals surface area contributed by atoms with Gasteiger partial charge < -0.3 is 15.5 Å². The molecule has 32 heavy (non-hydrogen) atoms. The molecule has 7 heteroatoms. The highest BCUT2D eigenvalue weighted by Gasteiger charge is 2.39. The van der Waals surface area contributed by atoms with E-state index < -0.39 is 6.17 Å². The minimum Gasteiger partial charge on any atom is -0.378 e. The van der Waals surface area contributed by atoms with Gasteiger partial charge in [-0.05, 0) is 54.4 Å². The minimum absolute atomic E-state index is 0.154. The number of piperazine rings is 1. The van der Waals surface area contributed by atoms with Crippen molar-refractivity contribution in [3.8, 4) is 0 Å². The summed E-state index contributed by atoms with van der Waals surface area (Å²) in [5.74, 6) is 0. The molecular weight excluding hydrogens is 425 g/mol.